The lowest BCUT2D eigenvalue weighted by molar-refractivity contribution is -0.157. The van der Waals surface area contributed by atoms with Gasteiger partial charge in [-0.25, -0.2) is 4.39 Å². The molecule has 0 unspecified atom stereocenters. The van der Waals surface area contributed by atoms with Crippen LogP contribution in [0.25, 0.3) is 0 Å². The molecule has 0 bridgehead atoms. The number of ketones is 1. The second-order valence-corrected chi connectivity index (χ2v) is 3.80. The van der Waals surface area contributed by atoms with Crippen LogP contribution >= 0.6 is 0 Å². The summed E-state index contributed by atoms with van der Waals surface area (Å²) in [4.78, 5) is 35.4. The number of carbonyl (C=O) groups is 3. The molecule has 0 spiro atoms. The summed E-state index contributed by atoms with van der Waals surface area (Å²) in [5, 5.41) is 0. The minimum absolute atomic E-state index is 0.206. The average Bonchev–Trinajstić information content (AvgIpc) is 2.34. The number of ether oxygens (including phenoxy) is 1. The van der Waals surface area contributed by atoms with Crippen LogP contribution in [0.15, 0.2) is 24.3 Å². The number of Topliss-reactive ketones (excluding diaryl/α,β-unsaturated/α-hetero) is 1. The van der Waals surface area contributed by atoms with E-state index in [4.69, 9.17) is 4.74 Å². The number of carbonyl (C=O) groups excluding carboxylic acids is 3. The smallest absolute Gasteiger partial charge is 0.255 e. The van der Waals surface area contributed by atoms with Crippen molar-refractivity contribution in [1.82, 2.24) is 4.90 Å². The summed E-state index contributed by atoms with van der Waals surface area (Å²) in [6.07, 6.45) is 0. The summed E-state index contributed by atoms with van der Waals surface area (Å²) >= 11 is 0. The summed E-state index contributed by atoms with van der Waals surface area (Å²) in [6.45, 7) is -0.752. The van der Waals surface area contributed by atoms with Crippen molar-refractivity contribution in [3.05, 3.63) is 35.6 Å². The first-order valence-electron chi connectivity index (χ1n) is 5.27. The Hall–Kier alpha value is -2.08. The molecule has 1 heterocycles. The maximum atomic E-state index is 12.7. The Kier molecular flexibility index (Phi) is 3.47. The molecule has 1 fully saturated rings. The summed E-state index contributed by atoms with van der Waals surface area (Å²) in [7, 11) is 0. The molecule has 1 saturated heterocycles. The van der Waals surface area contributed by atoms with Crippen molar-refractivity contribution in [1.29, 1.82) is 0 Å². The van der Waals surface area contributed by atoms with E-state index in [0.717, 1.165) is 17.0 Å². The van der Waals surface area contributed by atoms with Crippen molar-refractivity contribution in [2.75, 3.05) is 19.8 Å². The highest BCUT2D eigenvalue weighted by Crippen LogP contribution is 2.07. The standard InChI is InChI=1S/C12H10FNO4/c13-9-3-1-8(2-4-9)10(15)5-14-11(16)6-18-7-12(14)17/h1-4H,5-7H2. The van der Waals surface area contributed by atoms with Crippen LogP contribution in [0.1, 0.15) is 10.4 Å². The van der Waals surface area contributed by atoms with Gasteiger partial charge < -0.3 is 4.74 Å². The SMILES string of the molecule is O=C(CN1C(=O)COCC1=O)c1ccc(F)cc1. The summed E-state index contributed by atoms with van der Waals surface area (Å²) < 4.78 is 17.4. The quantitative estimate of drug-likeness (QED) is 0.576. The first kappa shape index (κ1) is 12.4. The van der Waals surface area contributed by atoms with Crippen LogP contribution in [0.3, 0.4) is 0 Å². The van der Waals surface area contributed by atoms with Gasteiger partial charge >= 0.3 is 0 Å². The fourth-order valence-electron chi connectivity index (χ4n) is 1.57. The highest BCUT2D eigenvalue weighted by molar-refractivity contribution is 6.05. The Morgan fingerprint density at radius 1 is 1.17 bits per heavy atom. The van der Waals surface area contributed by atoms with Crippen LogP contribution < -0.4 is 0 Å². The van der Waals surface area contributed by atoms with Gasteiger partial charge in [-0.15, -0.1) is 0 Å². The molecular weight excluding hydrogens is 241 g/mol. The molecule has 0 N–H and O–H groups in total. The third-order valence-electron chi connectivity index (χ3n) is 2.52. The molecule has 1 aliphatic heterocycles. The zero-order chi connectivity index (χ0) is 13.1. The van der Waals surface area contributed by atoms with Crippen molar-refractivity contribution >= 4 is 17.6 Å². The first-order chi connectivity index (χ1) is 8.58. The second kappa shape index (κ2) is 5.05. The van der Waals surface area contributed by atoms with Gasteiger partial charge in [0.25, 0.3) is 11.8 Å². The van der Waals surface area contributed by atoms with Gasteiger partial charge in [0, 0.05) is 5.56 Å². The van der Waals surface area contributed by atoms with E-state index in [1.54, 1.807) is 0 Å². The van der Waals surface area contributed by atoms with Crippen molar-refractivity contribution in [2.45, 2.75) is 0 Å². The molecule has 0 aliphatic carbocycles. The third-order valence-corrected chi connectivity index (χ3v) is 2.52. The lowest BCUT2D eigenvalue weighted by atomic mass is 10.1. The molecule has 0 saturated carbocycles. The summed E-state index contributed by atoms with van der Waals surface area (Å²) in [6, 6.07) is 4.92. The van der Waals surface area contributed by atoms with Gasteiger partial charge in [0.15, 0.2) is 5.78 Å². The zero-order valence-corrected chi connectivity index (χ0v) is 9.39. The number of benzene rings is 1. The van der Waals surface area contributed by atoms with E-state index in [0.29, 0.717) is 0 Å². The van der Waals surface area contributed by atoms with Gasteiger partial charge in [-0.1, -0.05) is 0 Å². The van der Waals surface area contributed by atoms with Gasteiger partial charge in [-0.3, -0.25) is 19.3 Å². The van der Waals surface area contributed by atoms with Gasteiger partial charge in [0.05, 0.1) is 6.54 Å². The molecule has 1 aromatic carbocycles. The molecule has 0 aromatic heterocycles. The molecule has 0 radical (unpaired) electrons. The van der Waals surface area contributed by atoms with Crippen LogP contribution in [0.2, 0.25) is 0 Å². The molecule has 1 aromatic rings. The number of morpholine rings is 1. The van der Waals surface area contributed by atoms with Gasteiger partial charge in [-0.05, 0) is 24.3 Å². The number of hydrogen-bond acceptors (Lipinski definition) is 4. The lowest BCUT2D eigenvalue weighted by Crippen LogP contribution is -2.48. The third kappa shape index (κ3) is 2.60. The number of hydrogen-bond donors (Lipinski definition) is 0. The van der Waals surface area contributed by atoms with Gasteiger partial charge in [-0.2, -0.15) is 0 Å². The molecular formula is C12H10FNO4. The zero-order valence-electron chi connectivity index (χ0n) is 9.39. The topological polar surface area (TPSA) is 63.7 Å². The van der Waals surface area contributed by atoms with E-state index < -0.39 is 23.4 Å². The van der Waals surface area contributed by atoms with E-state index in [-0.39, 0.29) is 25.3 Å². The molecule has 2 rings (SSSR count). The van der Waals surface area contributed by atoms with Crippen molar-refractivity contribution < 1.29 is 23.5 Å². The highest BCUT2D eigenvalue weighted by atomic mass is 19.1. The van der Waals surface area contributed by atoms with Crippen LogP contribution in [-0.2, 0) is 14.3 Å². The number of rotatable bonds is 3. The minimum Gasteiger partial charge on any atom is -0.362 e. The number of nitrogens with zero attached hydrogens (tertiary/aromatic N) is 1. The van der Waals surface area contributed by atoms with E-state index in [2.05, 4.69) is 0 Å². The first-order valence-corrected chi connectivity index (χ1v) is 5.27. The summed E-state index contributed by atoms with van der Waals surface area (Å²) in [5.74, 6) is -1.95. The average molecular weight is 251 g/mol. The van der Waals surface area contributed by atoms with Crippen molar-refractivity contribution in [3.63, 3.8) is 0 Å². The molecule has 6 heteroatoms. The van der Waals surface area contributed by atoms with Gasteiger partial charge in [0.1, 0.15) is 19.0 Å². The van der Waals surface area contributed by atoms with Crippen molar-refractivity contribution in [3.8, 4) is 0 Å². The maximum Gasteiger partial charge on any atom is 0.255 e. The maximum absolute atomic E-state index is 12.7. The minimum atomic E-state index is -0.540. The molecule has 2 amide bonds. The second-order valence-electron chi connectivity index (χ2n) is 3.80. The molecule has 5 nitrogen and oxygen atoms in total. The Labute approximate surface area is 102 Å². The molecule has 18 heavy (non-hydrogen) atoms. The molecule has 1 aliphatic rings. The van der Waals surface area contributed by atoms with Crippen LogP contribution in [0, 0.1) is 5.82 Å². The fraction of sp³-hybridized carbons (Fsp3) is 0.250. The predicted octanol–water partition coefficient (Wildman–Crippen LogP) is 0.394. The Morgan fingerprint density at radius 2 is 1.72 bits per heavy atom. The Morgan fingerprint density at radius 3 is 2.28 bits per heavy atom. The number of imide groups is 1. The summed E-state index contributed by atoms with van der Waals surface area (Å²) in [5.41, 5.74) is 0.253. The van der Waals surface area contributed by atoms with E-state index in [9.17, 15) is 18.8 Å². The van der Waals surface area contributed by atoms with Crippen molar-refractivity contribution in [2.24, 2.45) is 0 Å². The van der Waals surface area contributed by atoms with E-state index in [1.165, 1.54) is 12.1 Å². The Balaban J connectivity index is 2.08. The van der Waals surface area contributed by atoms with Gasteiger partial charge in [0.2, 0.25) is 0 Å². The number of halogens is 1. The normalized spacial score (nSPS) is 15.9. The lowest BCUT2D eigenvalue weighted by Gasteiger charge is -2.24. The molecule has 0 atom stereocenters. The van der Waals surface area contributed by atoms with Crippen LogP contribution in [-0.4, -0.2) is 42.3 Å². The van der Waals surface area contributed by atoms with Crippen LogP contribution in [0.4, 0.5) is 4.39 Å². The van der Waals surface area contributed by atoms with E-state index >= 15 is 0 Å². The van der Waals surface area contributed by atoms with E-state index in [1.807, 2.05) is 0 Å². The largest absolute Gasteiger partial charge is 0.362 e. The van der Waals surface area contributed by atoms with Crippen LogP contribution in [0.5, 0.6) is 0 Å². The number of amides is 2. The monoisotopic (exact) mass is 251 g/mol. The predicted molar refractivity (Wildman–Crippen MR) is 58.3 cm³/mol. The Bertz CT molecular complexity index is 481. The highest BCUT2D eigenvalue weighted by Gasteiger charge is 2.28. The fourth-order valence-corrected chi connectivity index (χ4v) is 1.57. The molecule has 94 valence electrons.